The highest BCUT2D eigenvalue weighted by molar-refractivity contribution is 6.09. The van der Waals surface area contributed by atoms with Crippen molar-refractivity contribution in [2.45, 2.75) is 84.5 Å². The number of ether oxygens (including phenoxy) is 3. The van der Waals surface area contributed by atoms with Gasteiger partial charge in [-0.05, 0) is 60.4 Å². The fraction of sp³-hybridized carbons (Fsp3) is 0.533. The van der Waals surface area contributed by atoms with E-state index in [9.17, 15) is 0 Å². The van der Waals surface area contributed by atoms with E-state index >= 15 is 0 Å². The van der Waals surface area contributed by atoms with E-state index in [1.54, 1.807) is 0 Å². The van der Waals surface area contributed by atoms with Crippen LogP contribution in [0.3, 0.4) is 0 Å². The van der Waals surface area contributed by atoms with Gasteiger partial charge in [-0.2, -0.15) is 0 Å². The molecule has 3 rings (SSSR count). The molecule has 0 N–H and O–H groups in total. The van der Waals surface area contributed by atoms with Crippen LogP contribution in [0.4, 0.5) is 0 Å². The summed E-state index contributed by atoms with van der Waals surface area (Å²) in [6.07, 6.45) is 8.51. The Labute approximate surface area is 200 Å². The lowest BCUT2D eigenvalue weighted by Gasteiger charge is -2.40. The van der Waals surface area contributed by atoms with Gasteiger partial charge < -0.3 is 14.2 Å². The monoisotopic (exact) mass is 450 g/mol. The molecule has 0 saturated carbocycles. The van der Waals surface area contributed by atoms with Crippen molar-refractivity contribution in [2.24, 2.45) is 0 Å². The van der Waals surface area contributed by atoms with Crippen molar-refractivity contribution in [3.05, 3.63) is 60.2 Å². The second kappa shape index (κ2) is 13.1. The van der Waals surface area contributed by atoms with Crippen LogP contribution in [0.1, 0.15) is 84.1 Å². The number of fused-ring (bicyclic) bond motifs is 3. The molecule has 180 valence electrons. The van der Waals surface area contributed by atoms with Crippen LogP contribution in [-0.2, 0) is 14.2 Å². The first kappa shape index (κ1) is 25.7. The maximum absolute atomic E-state index is 6.34. The Kier molecular flexibility index (Phi) is 10.2. The molecule has 3 heteroatoms. The Morgan fingerprint density at radius 1 is 0.636 bits per heavy atom. The highest BCUT2D eigenvalue weighted by Gasteiger charge is 2.43. The number of benzene rings is 3. The molecule has 3 aromatic carbocycles. The van der Waals surface area contributed by atoms with Crippen LogP contribution in [0, 0.1) is 0 Å². The summed E-state index contributed by atoms with van der Waals surface area (Å²) in [4.78, 5) is 0. The van der Waals surface area contributed by atoms with E-state index in [0.29, 0.717) is 19.8 Å². The van der Waals surface area contributed by atoms with Gasteiger partial charge in [-0.25, -0.2) is 0 Å². The van der Waals surface area contributed by atoms with Gasteiger partial charge in [0.25, 0.3) is 5.97 Å². The zero-order valence-corrected chi connectivity index (χ0v) is 21.1. The van der Waals surface area contributed by atoms with Crippen molar-refractivity contribution < 1.29 is 14.2 Å². The molecule has 0 heterocycles. The van der Waals surface area contributed by atoms with Crippen molar-refractivity contribution in [2.75, 3.05) is 19.8 Å². The van der Waals surface area contributed by atoms with Gasteiger partial charge in [0.1, 0.15) is 0 Å². The van der Waals surface area contributed by atoms with E-state index < -0.39 is 5.97 Å². The van der Waals surface area contributed by atoms with Crippen molar-refractivity contribution in [1.82, 2.24) is 0 Å². The van der Waals surface area contributed by atoms with Gasteiger partial charge >= 0.3 is 0 Å². The third-order valence-corrected chi connectivity index (χ3v) is 6.49. The molecule has 0 saturated heterocycles. The summed E-state index contributed by atoms with van der Waals surface area (Å²) in [6.45, 7) is 9.95. The second-order valence-electron chi connectivity index (χ2n) is 8.74. The Bertz CT molecular complexity index is 964. The molecule has 0 bridgehead atoms. The van der Waals surface area contributed by atoms with E-state index in [1.807, 2.05) is 20.8 Å². The van der Waals surface area contributed by atoms with Crippen LogP contribution in [0.5, 0.6) is 0 Å². The van der Waals surface area contributed by atoms with E-state index in [4.69, 9.17) is 14.2 Å². The van der Waals surface area contributed by atoms with E-state index in [0.717, 1.165) is 12.8 Å². The molecule has 0 aromatic heterocycles. The van der Waals surface area contributed by atoms with Gasteiger partial charge in [0.2, 0.25) is 0 Å². The Morgan fingerprint density at radius 2 is 1.18 bits per heavy atom. The zero-order chi connectivity index (χ0) is 23.5. The Hall–Kier alpha value is -1.94. The molecular formula is C30H42O3. The molecule has 1 unspecified atom stereocenters. The Balaban J connectivity index is 2.10. The molecule has 0 radical (unpaired) electrons. The molecule has 0 amide bonds. The number of rotatable bonds is 15. The summed E-state index contributed by atoms with van der Waals surface area (Å²) in [6, 6.07) is 19.7. The van der Waals surface area contributed by atoms with Crippen LogP contribution in [0.2, 0.25) is 0 Å². The fourth-order valence-corrected chi connectivity index (χ4v) is 5.05. The first-order valence-corrected chi connectivity index (χ1v) is 13.0. The third kappa shape index (κ3) is 6.15. The summed E-state index contributed by atoms with van der Waals surface area (Å²) in [5.41, 5.74) is 1.26. The standard InChI is InChI=1S/C30H42O3/c1-5-9-10-11-12-13-22-29(30(31-6-2,32-7-3)33-8-4)28-23-24-18-14-15-19-25(24)26-20-16-17-21-27(26)28/h14-21,23,29H,5-13,22H2,1-4H3. The molecule has 0 fully saturated rings. The molecule has 0 aliphatic heterocycles. The average Bonchev–Trinajstić information content (AvgIpc) is 2.84. The maximum atomic E-state index is 6.34. The van der Waals surface area contributed by atoms with Crippen LogP contribution in [0.25, 0.3) is 21.5 Å². The van der Waals surface area contributed by atoms with Crippen LogP contribution < -0.4 is 0 Å². The van der Waals surface area contributed by atoms with Crippen LogP contribution in [-0.4, -0.2) is 25.8 Å². The minimum atomic E-state index is -1.08. The molecule has 3 aromatic rings. The van der Waals surface area contributed by atoms with E-state index in [-0.39, 0.29) is 5.92 Å². The van der Waals surface area contributed by atoms with Gasteiger partial charge in [-0.1, -0.05) is 94.0 Å². The first-order valence-electron chi connectivity index (χ1n) is 13.0. The third-order valence-electron chi connectivity index (χ3n) is 6.49. The smallest absolute Gasteiger partial charge is 0.290 e. The molecule has 3 nitrogen and oxygen atoms in total. The summed E-state index contributed by atoms with van der Waals surface area (Å²) in [7, 11) is 0. The van der Waals surface area contributed by atoms with Gasteiger partial charge in [-0.3, -0.25) is 0 Å². The van der Waals surface area contributed by atoms with Gasteiger partial charge in [0.15, 0.2) is 0 Å². The van der Waals surface area contributed by atoms with E-state index in [2.05, 4.69) is 61.5 Å². The Morgan fingerprint density at radius 3 is 1.82 bits per heavy atom. The highest BCUT2D eigenvalue weighted by atomic mass is 16.9. The lowest BCUT2D eigenvalue weighted by Crippen LogP contribution is -2.45. The maximum Gasteiger partial charge on any atom is 0.290 e. The molecular weight excluding hydrogens is 408 g/mol. The SMILES string of the molecule is CCCCCCCCC(c1cc2ccccc2c2ccccc12)C(OCC)(OCC)OCC. The predicted molar refractivity (Wildman–Crippen MR) is 140 cm³/mol. The lowest BCUT2D eigenvalue weighted by atomic mass is 9.85. The van der Waals surface area contributed by atoms with Crippen LogP contribution in [0.15, 0.2) is 54.6 Å². The van der Waals surface area contributed by atoms with Crippen molar-refractivity contribution in [3.8, 4) is 0 Å². The van der Waals surface area contributed by atoms with Crippen molar-refractivity contribution >= 4 is 21.5 Å². The summed E-state index contributed by atoms with van der Waals surface area (Å²) in [5.74, 6) is -1.09. The normalized spacial score (nSPS) is 13.1. The minimum Gasteiger partial charge on any atom is -0.327 e. The summed E-state index contributed by atoms with van der Waals surface area (Å²) >= 11 is 0. The lowest BCUT2D eigenvalue weighted by molar-refractivity contribution is -0.389. The van der Waals surface area contributed by atoms with Gasteiger partial charge in [0.05, 0.1) is 5.92 Å². The molecule has 0 aliphatic carbocycles. The fourth-order valence-electron chi connectivity index (χ4n) is 5.05. The van der Waals surface area contributed by atoms with Crippen molar-refractivity contribution in [1.29, 1.82) is 0 Å². The number of unbranched alkanes of at least 4 members (excludes halogenated alkanes) is 5. The second-order valence-corrected chi connectivity index (χ2v) is 8.74. The largest absolute Gasteiger partial charge is 0.327 e. The van der Waals surface area contributed by atoms with E-state index in [1.165, 1.54) is 59.2 Å². The average molecular weight is 451 g/mol. The first-order chi connectivity index (χ1) is 16.2. The summed E-state index contributed by atoms with van der Waals surface area (Å²) in [5, 5.41) is 5.06. The van der Waals surface area contributed by atoms with Crippen molar-refractivity contribution in [3.63, 3.8) is 0 Å². The number of hydrogen-bond acceptors (Lipinski definition) is 3. The zero-order valence-electron chi connectivity index (χ0n) is 21.1. The highest BCUT2D eigenvalue weighted by Crippen LogP contribution is 2.43. The predicted octanol–water partition coefficient (Wildman–Crippen LogP) is 8.59. The molecule has 0 spiro atoms. The van der Waals surface area contributed by atoms with Gasteiger partial charge in [0, 0.05) is 19.8 Å². The van der Waals surface area contributed by atoms with Crippen LogP contribution >= 0.6 is 0 Å². The quantitative estimate of drug-likeness (QED) is 0.132. The molecule has 1 atom stereocenters. The molecule has 33 heavy (non-hydrogen) atoms. The van der Waals surface area contributed by atoms with Gasteiger partial charge in [-0.15, -0.1) is 0 Å². The number of hydrogen-bond donors (Lipinski definition) is 0. The summed E-state index contributed by atoms with van der Waals surface area (Å²) < 4.78 is 19.0. The minimum absolute atomic E-state index is 0.0157. The molecule has 0 aliphatic rings. The topological polar surface area (TPSA) is 27.7 Å².